The summed E-state index contributed by atoms with van der Waals surface area (Å²) in [6.45, 7) is 1.58. The minimum atomic E-state index is 0.709. The van der Waals surface area contributed by atoms with Crippen LogP contribution in [0, 0.1) is 0 Å². The van der Waals surface area contributed by atoms with E-state index < -0.39 is 0 Å². The van der Waals surface area contributed by atoms with Gasteiger partial charge in [0.2, 0.25) is 0 Å². The predicted octanol–water partition coefficient (Wildman–Crippen LogP) is 3.00. The summed E-state index contributed by atoms with van der Waals surface area (Å²) in [5, 5.41) is 6.36. The first-order valence-corrected chi connectivity index (χ1v) is 6.44. The number of pyridine rings is 1. The third-order valence-corrected chi connectivity index (χ3v) is 2.68. The molecule has 19 heavy (non-hydrogen) atoms. The standard InChI is InChI=1S/C15H19N3O/c1-16-15-12-13(8-10-18-15)17-9-5-11-19-14-6-3-2-4-7-14/h2-4,6-8,10,12H,5,9,11H2,1H3,(H2,16,17,18). The first kappa shape index (κ1) is 13.2. The number of hydrogen-bond donors (Lipinski definition) is 2. The molecule has 4 nitrogen and oxygen atoms in total. The van der Waals surface area contributed by atoms with Gasteiger partial charge in [-0.15, -0.1) is 0 Å². The van der Waals surface area contributed by atoms with Crippen LogP contribution in [0.4, 0.5) is 11.5 Å². The molecule has 2 rings (SSSR count). The lowest BCUT2D eigenvalue weighted by Gasteiger charge is -2.09. The van der Waals surface area contributed by atoms with Crippen molar-refractivity contribution in [1.82, 2.24) is 4.98 Å². The van der Waals surface area contributed by atoms with Crippen LogP contribution in [0.25, 0.3) is 0 Å². The van der Waals surface area contributed by atoms with Crippen LogP contribution in [0.15, 0.2) is 48.7 Å². The first-order valence-electron chi connectivity index (χ1n) is 6.44. The first-order chi connectivity index (χ1) is 9.38. The second-order valence-electron chi connectivity index (χ2n) is 4.12. The van der Waals surface area contributed by atoms with Gasteiger partial charge in [0, 0.05) is 31.5 Å². The van der Waals surface area contributed by atoms with Crippen molar-refractivity contribution in [3.05, 3.63) is 48.7 Å². The number of para-hydroxylation sites is 1. The van der Waals surface area contributed by atoms with E-state index in [1.807, 2.05) is 49.5 Å². The van der Waals surface area contributed by atoms with Crippen LogP contribution in [-0.4, -0.2) is 25.2 Å². The van der Waals surface area contributed by atoms with E-state index in [0.717, 1.165) is 30.2 Å². The van der Waals surface area contributed by atoms with Gasteiger partial charge < -0.3 is 15.4 Å². The van der Waals surface area contributed by atoms with E-state index in [0.29, 0.717) is 6.61 Å². The molecule has 0 spiro atoms. The number of anilines is 2. The fourth-order valence-electron chi connectivity index (χ4n) is 1.69. The van der Waals surface area contributed by atoms with Gasteiger partial charge in [0.1, 0.15) is 11.6 Å². The van der Waals surface area contributed by atoms with E-state index in [1.165, 1.54) is 0 Å². The molecular weight excluding hydrogens is 238 g/mol. The quantitative estimate of drug-likeness (QED) is 0.748. The molecule has 2 N–H and O–H groups in total. The fourth-order valence-corrected chi connectivity index (χ4v) is 1.69. The summed E-state index contributed by atoms with van der Waals surface area (Å²) in [5.74, 6) is 1.79. The average Bonchev–Trinajstić information content (AvgIpc) is 2.48. The molecule has 0 saturated carbocycles. The molecule has 0 amide bonds. The summed E-state index contributed by atoms with van der Waals surface area (Å²) in [6.07, 6.45) is 2.74. The maximum Gasteiger partial charge on any atom is 0.127 e. The van der Waals surface area contributed by atoms with Crippen LogP contribution in [-0.2, 0) is 0 Å². The van der Waals surface area contributed by atoms with Crippen molar-refractivity contribution in [2.24, 2.45) is 0 Å². The highest BCUT2D eigenvalue weighted by Crippen LogP contribution is 2.11. The Morgan fingerprint density at radius 2 is 2.00 bits per heavy atom. The molecule has 0 aliphatic carbocycles. The summed E-state index contributed by atoms with van der Waals surface area (Å²) in [7, 11) is 1.86. The van der Waals surface area contributed by atoms with Crippen LogP contribution in [0.3, 0.4) is 0 Å². The predicted molar refractivity (Wildman–Crippen MR) is 78.8 cm³/mol. The van der Waals surface area contributed by atoms with E-state index in [4.69, 9.17) is 4.74 Å². The van der Waals surface area contributed by atoms with Gasteiger partial charge >= 0.3 is 0 Å². The monoisotopic (exact) mass is 257 g/mol. The van der Waals surface area contributed by atoms with Gasteiger partial charge in [0.25, 0.3) is 0 Å². The van der Waals surface area contributed by atoms with Crippen molar-refractivity contribution in [3.8, 4) is 5.75 Å². The zero-order chi connectivity index (χ0) is 13.3. The van der Waals surface area contributed by atoms with Crippen molar-refractivity contribution >= 4 is 11.5 Å². The third kappa shape index (κ3) is 4.50. The molecule has 4 heteroatoms. The summed E-state index contributed by atoms with van der Waals surface area (Å²) < 4.78 is 5.62. The topological polar surface area (TPSA) is 46.2 Å². The molecule has 100 valence electrons. The number of benzene rings is 1. The van der Waals surface area contributed by atoms with Crippen molar-refractivity contribution in [3.63, 3.8) is 0 Å². The minimum absolute atomic E-state index is 0.709. The Labute approximate surface area is 113 Å². The number of ether oxygens (including phenoxy) is 1. The highest BCUT2D eigenvalue weighted by molar-refractivity contribution is 5.51. The van der Waals surface area contributed by atoms with Crippen LogP contribution < -0.4 is 15.4 Å². The Morgan fingerprint density at radius 3 is 2.79 bits per heavy atom. The lowest BCUT2D eigenvalue weighted by molar-refractivity contribution is 0.315. The van der Waals surface area contributed by atoms with E-state index >= 15 is 0 Å². The zero-order valence-electron chi connectivity index (χ0n) is 11.1. The summed E-state index contributed by atoms with van der Waals surface area (Å²) in [4.78, 5) is 4.17. The molecule has 0 radical (unpaired) electrons. The van der Waals surface area contributed by atoms with Gasteiger partial charge in [-0.3, -0.25) is 0 Å². The number of hydrogen-bond acceptors (Lipinski definition) is 4. The minimum Gasteiger partial charge on any atom is -0.494 e. The van der Waals surface area contributed by atoms with Crippen LogP contribution in [0.2, 0.25) is 0 Å². The molecule has 1 heterocycles. The molecular formula is C15H19N3O. The average molecular weight is 257 g/mol. The van der Waals surface area contributed by atoms with Gasteiger partial charge in [0.15, 0.2) is 0 Å². The molecule has 0 aliphatic heterocycles. The van der Waals surface area contributed by atoms with Gasteiger partial charge in [-0.2, -0.15) is 0 Å². The number of nitrogens with zero attached hydrogens (tertiary/aromatic N) is 1. The highest BCUT2D eigenvalue weighted by Gasteiger charge is 1.95. The number of rotatable bonds is 7. The Morgan fingerprint density at radius 1 is 1.16 bits per heavy atom. The fraction of sp³-hybridized carbons (Fsp3) is 0.267. The summed E-state index contributed by atoms with van der Waals surface area (Å²) >= 11 is 0. The number of aromatic nitrogens is 1. The van der Waals surface area contributed by atoms with Crippen molar-refractivity contribution in [1.29, 1.82) is 0 Å². The third-order valence-electron chi connectivity index (χ3n) is 2.68. The second-order valence-corrected chi connectivity index (χ2v) is 4.12. The van der Waals surface area contributed by atoms with Crippen LogP contribution >= 0.6 is 0 Å². The van der Waals surface area contributed by atoms with E-state index in [9.17, 15) is 0 Å². The normalized spacial score (nSPS) is 9.95. The lowest BCUT2D eigenvalue weighted by atomic mass is 10.3. The molecule has 0 bridgehead atoms. The van der Waals surface area contributed by atoms with E-state index in [-0.39, 0.29) is 0 Å². The second kappa shape index (κ2) is 7.26. The van der Waals surface area contributed by atoms with Gasteiger partial charge in [-0.1, -0.05) is 18.2 Å². The van der Waals surface area contributed by atoms with Gasteiger partial charge in [-0.05, 0) is 24.6 Å². The molecule has 0 fully saturated rings. The molecule has 0 unspecified atom stereocenters. The van der Waals surface area contributed by atoms with E-state index in [2.05, 4.69) is 15.6 Å². The Balaban J connectivity index is 1.66. The van der Waals surface area contributed by atoms with Gasteiger partial charge in [0.05, 0.1) is 6.61 Å². The SMILES string of the molecule is CNc1cc(NCCCOc2ccccc2)ccn1. The summed E-state index contributed by atoms with van der Waals surface area (Å²) in [5.41, 5.74) is 1.07. The van der Waals surface area contributed by atoms with Crippen LogP contribution in [0.5, 0.6) is 5.75 Å². The molecule has 2 aromatic rings. The Bertz CT molecular complexity index is 488. The van der Waals surface area contributed by atoms with Crippen LogP contribution in [0.1, 0.15) is 6.42 Å². The lowest BCUT2D eigenvalue weighted by Crippen LogP contribution is -2.07. The zero-order valence-corrected chi connectivity index (χ0v) is 11.1. The van der Waals surface area contributed by atoms with E-state index in [1.54, 1.807) is 6.20 Å². The van der Waals surface area contributed by atoms with Gasteiger partial charge in [-0.25, -0.2) is 4.98 Å². The van der Waals surface area contributed by atoms with Crippen molar-refractivity contribution in [2.75, 3.05) is 30.8 Å². The molecule has 1 aromatic carbocycles. The molecule has 0 aliphatic rings. The maximum absolute atomic E-state index is 5.62. The Hall–Kier alpha value is -2.23. The van der Waals surface area contributed by atoms with Crippen molar-refractivity contribution in [2.45, 2.75) is 6.42 Å². The molecule has 1 aromatic heterocycles. The molecule has 0 saturated heterocycles. The maximum atomic E-state index is 5.62. The smallest absolute Gasteiger partial charge is 0.127 e. The number of nitrogens with one attached hydrogen (secondary N) is 2. The largest absolute Gasteiger partial charge is 0.494 e. The summed E-state index contributed by atoms with van der Waals surface area (Å²) in [6, 6.07) is 13.8. The highest BCUT2D eigenvalue weighted by atomic mass is 16.5. The Kier molecular flexibility index (Phi) is 5.05. The molecule has 0 atom stereocenters. The van der Waals surface area contributed by atoms with Crippen molar-refractivity contribution < 1.29 is 4.74 Å².